The van der Waals surface area contributed by atoms with Gasteiger partial charge in [0.1, 0.15) is 5.69 Å². The van der Waals surface area contributed by atoms with Gasteiger partial charge in [-0.1, -0.05) is 25.0 Å². The number of aromatic amines is 1. The number of hydrogen-bond donors (Lipinski definition) is 2. The van der Waals surface area contributed by atoms with E-state index in [2.05, 4.69) is 10.3 Å². The van der Waals surface area contributed by atoms with E-state index in [4.69, 9.17) is 5.26 Å². The lowest BCUT2D eigenvalue weighted by Gasteiger charge is -2.31. The summed E-state index contributed by atoms with van der Waals surface area (Å²) in [5.74, 6) is -1.06. The van der Waals surface area contributed by atoms with Crippen molar-refractivity contribution in [2.75, 3.05) is 7.05 Å². The summed E-state index contributed by atoms with van der Waals surface area (Å²) in [7, 11) is 1.44. The van der Waals surface area contributed by atoms with Crippen molar-refractivity contribution < 1.29 is 14.4 Å². The smallest absolute Gasteiger partial charge is 0.267 e. The average molecular weight is 366 g/mol. The Morgan fingerprint density at radius 2 is 2.00 bits per heavy atom. The molecule has 0 saturated heterocycles. The third-order valence-corrected chi connectivity index (χ3v) is 5.16. The van der Waals surface area contributed by atoms with Crippen LogP contribution in [0.3, 0.4) is 0 Å². The van der Waals surface area contributed by atoms with Gasteiger partial charge in [-0.3, -0.25) is 19.3 Å². The first-order chi connectivity index (χ1) is 12.9. The van der Waals surface area contributed by atoms with E-state index in [1.165, 1.54) is 14.0 Å². The molecule has 2 atom stereocenters. The van der Waals surface area contributed by atoms with Crippen molar-refractivity contribution >= 4 is 28.5 Å². The number of carbonyl (C=O) groups is 3. The highest BCUT2D eigenvalue weighted by Gasteiger charge is 2.34. The van der Waals surface area contributed by atoms with Crippen LogP contribution in [0, 0.1) is 17.4 Å². The molecule has 0 unspecified atom stereocenters. The van der Waals surface area contributed by atoms with Crippen molar-refractivity contribution in [3.8, 4) is 6.19 Å². The molecule has 3 rings (SSSR count). The number of rotatable bonds is 4. The van der Waals surface area contributed by atoms with Gasteiger partial charge in [0.25, 0.3) is 5.91 Å². The molecule has 0 bridgehead atoms. The lowest BCUT2D eigenvalue weighted by atomic mass is 9.83. The van der Waals surface area contributed by atoms with Crippen LogP contribution in [0.1, 0.15) is 53.5 Å². The highest BCUT2D eigenvalue weighted by molar-refractivity contribution is 6.08. The second-order valence-corrected chi connectivity index (χ2v) is 6.98. The Morgan fingerprint density at radius 3 is 2.70 bits per heavy atom. The Bertz CT molecular complexity index is 940. The molecule has 2 aromatic rings. The van der Waals surface area contributed by atoms with E-state index in [1.54, 1.807) is 18.2 Å². The van der Waals surface area contributed by atoms with Crippen molar-refractivity contribution in [3.05, 3.63) is 35.5 Å². The van der Waals surface area contributed by atoms with E-state index >= 15 is 0 Å². The van der Waals surface area contributed by atoms with Gasteiger partial charge in [0.05, 0.1) is 11.4 Å². The van der Waals surface area contributed by atoms with Gasteiger partial charge >= 0.3 is 0 Å². The Balaban J connectivity index is 1.82. The number of carbonyl (C=O) groups excluding carboxylic acids is 3. The van der Waals surface area contributed by atoms with Gasteiger partial charge in [-0.15, -0.1) is 0 Å². The first kappa shape index (κ1) is 18.6. The summed E-state index contributed by atoms with van der Waals surface area (Å²) in [5.41, 5.74) is 1.52. The predicted molar refractivity (Wildman–Crippen MR) is 99.9 cm³/mol. The molecule has 2 amide bonds. The van der Waals surface area contributed by atoms with Crippen molar-refractivity contribution in [2.24, 2.45) is 5.92 Å². The normalized spacial score (nSPS) is 19.3. The van der Waals surface area contributed by atoms with Crippen LogP contribution >= 0.6 is 0 Å². The summed E-state index contributed by atoms with van der Waals surface area (Å²) in [4.78, 5) is 41.0. The first-order valence-corrected chi connectivity index (χ1v) is 9.03. The van der Waals surface area contributed by atoms with Crippen molar-refractivity contribution in [3.63, 3.8) is 0 Å². The molecule has 0 radical (unpaired) electrons. The molecule has 1 saturated carbocycles. The Hall–Kier alpha value is -3.14. The number of hydrogen-bond acceptors (Lipinski definition) is 4. The molecule has 27 heavy (non-hydrogen) atoms. The van der Waals surface area contributed by atoms with E-state index in [-0.39, 0.29) is 23.6 Å². The molecule has 1 aromatic heterocycles. The van der Waals surface area contributed by atoms with E-state index in [9.17, 15) is 14.4 Å². The van der Waals surface area contributed by atoms with Crippen LogP contribution in [-0.4, -0.2) is 40.6 Å². The topological polar surface area (TPSA) is 106 Å². The highest BCUT2D eigenvalue weighted by atomic mass is 16.2. The average Bonchev–Trinajstić information content (AvgIpc) is 3.11. The number of Topliss-reactive ketones (excluding diaryl/α,β-unsaturated/α-hetero) is 1. The number of ketones is 1. The molecule has 1 fully saturated rings. The summed E-state index contributed by atoms with van der Waals surface area (Å²) >= 11 is 0. The fourth-order valence-corrected chi connectivity index (χ4v) is 3.72. The largest absolute Gasteiger partial charge is 0.350 e. The van der Waals surface area contributed by atoms with Gasteiger partial charge in [0.15, 0.2) is 12.0 Å². The number of nitrogens with one attached hydrogen (secondary N) is 2. The summed E-state index contributed by atoms with van der Waals surface area (Å²) < 4.78 is 0. The van der Waals surface area contributed by atoms with Gasteiger partial charge in [0, 0.05) is 24.0 Å². The third-order valence-electron chi connectivity index (χ3n) is 5.16. The molecular weight excluding hydrogens is 344 g/mol. The Labute approximate surface area is 157 Å². The molecule has 2 N–H and O–H groups in total. The van der Waals surface area contributed by atoms with Gasteiger partial charge in [-0.05, 0) is 31.9 Å². The molecule has 1 aromatic carbocycles. The number of para-hydroxylation sites is 1. The zero-order valence-electron chi connectivity index (χ0n) is 15.4. The van der Waals surface area contributed by atoms with Crippen LogP contribution < -0.4 is 5.32 Å². The summed E-state index contributed by atoms with van der Waals surface area (Å²) in [6, 6.07) is 6.73. The Kier molecular flexibility index (Phi) is 5.26. The predicted octanol–water partition coefficient (Wildman–Crippen LogP) is 2.60. The van der Waals surface area contributed by atoms with Gasteiger partial charge in [0.2, 0.25) is 5.91 Å². The van der Waals surface area contributed by atoms with E-state index < -0.39 is 5.92 Å². The van der Waals surface area contributed by atoms with Gasteiger partial charge in [-0.2, -0.15) is 5.26 Å². The fourth-order valence-electron chi connectivity index (χ4n) is 3.72. The van der Waals surface area contributed by atoms with Crippen LogP contribution in [0.15, 0.2) is 24.3 Å². The maximum Gasteiger partial charge on any atom is 0.267 e. The number of aromatic nitrogens is 1. The summed E-state index contributed by atoms with van der Waals surface area (Å²) in [6.07, 6.45) is 5.00. The van der Waals surface area contributed by atoms with Crippen molar-refractivity contribution in [1.82, 2.24) is 15.2 Å². The number of benzene rings is 1. The minimum Gasteiger partial charge on any atom is -0.350 e. The number of fused-ring (bicyclic) bond motifs is 1. The first-order valence-electron chi connectivity index (χ1n) is 9.03. The third kappa shape index (κ3) is 3.70. The molecule has 0 aliphatic heterocycles. The quantitative estimate of drug-likeness (QED) is 0.493. The highest BCUT2D eigenvalue weighted by Crippen LogP contribution is 2.27. The number of nitrogens with zero attached hydrogens (tertiary/aromatic N) is 2. The van der Waals surface area contributed by atoms with E-state index in [1.807, 2.05) is 12.3 Å². The maximum absolute atomic E-state index is 12.8. The second-order valence-electron chi connectivity index (χ2n) is 6.98. The van der Waals surface area contributed by atoms with Crippen LogP contribution in [-0.2, 0) is 4.79 Å². The molecular formula is C20H22N4O3. The maximum atomic E-state index is 12.8. The molecule has 7 nitrogen and oxygen atoms in total. The molecule has 1 aliphatic rings. The minimum atomic E-state index is -0.399. The van der Waals surface area contributed by atoms with Gasteiger partial charge < -0.3 is 10.3 Å². The van der Waals surface area contributed by atoms with Crippen LogP contribution in [0.25, 0.3) is 10.9 Å². The number of H-pyrrole nitrogens is 1. The summed E-state index contributed by atoms with van der Waals surface area (Å²) in [5, 5.41) is 12.7. The Morgan fingerprint density at radius 1 is 1.26 bits per heavy atom. The van der Waals surface area contributed by atoms with Crippen LogP contribution in [0.2, 0.25) is 0 Å². The lowest BCUT2D eigenvalue weighted by molar-refractivity contribution is -0.133. The van der Waals surface area contributed by atoms with Crippen molar-refractivity contribution in [2.45, 2.75) is 38.6 Å². The monoisotopic (exact) mass is 366 g/mol. The van der Waals surface area contributed by atoms with Crippen LogP contribution in [0.4, 0.5) is 0 Å². The summed E-state index contributed by atoms with van der Waals surface area (Å²) in [6.45, 7) is 1.49. The number of amides is 2. The van der Waals surface area contributed by atoms with E-state index in [0.29, 0.717) is 29.6 Å². The SMILES string of the molecule is CC(=O)c1cccc2cc(C(=O)N[C@H]3CCCC[C@H]3C(=O)N(C)C#N)[nH]c12. The van der Waals surface area contributed by atoms with E-state index in [0.717, 1.165) is 23.1 Å². The molecule has 0 spiro atoms. The lowest BCUT2D eigenvalue weighted by Crippen LogP contribution is -2.48. The zero-order valence-corrected chi connectivity index (χ0v) is 15.4. The zero-order chi connectivity index (χ0) is 19.6. The van der Waals surface area contributed by atoms with Gasteiger partial charge in [-0.25, -0.2) is 0 Å². The molecule has 1 heterocycles. The van der Waals surface area contributed by atoms with Crippen LogP contribution in [0.5, 0.6) is 0 Å². The number of nitriles is 1. The molecule has 140 valence electrons. The fraction of sp³-hybridized carbons (Fsp3) is 0.400. The second kappa shape index (κ2) is 7.62. The molecule has 7 heteroatoms. The standard InChI is InChI=1S/C20H22N4O3/c1-12(25)14-8-5-6-13-10-17(22-18(13)14)19(26)23-16-9-4-3-7-15(16)20(27)24(2)11-21/h5-6,8,10,15-16,22H,3-4,7,9H2,1-2H3,(H,23,26)/t15-,16+/m1/s1. The molecule has 1 aliphatic carbocycles. The van der Waals surface area contributed by atoms with Crippen molar-refractivity contribution in [1.29, 1.82) is 5.26 Å². The minimum absolute atomic E-state index is 0.0770.